The molecule has 0 spiro atoms. The van der Waals surface area contributed by atoms with Crippen molar-refractivity contribution in [1.29, 1.82) is 0 Å². The maximum absolute atomic E-state index is 11.8. The molecule has 1 rings (SSSR count). The van der Waals surface area contributed by atoms with Crippen LogP contribution in [0.2, 0.25) is 0 Å². The SMILES string of the molecule is CC1CCN(C(=O)CCCCCl)CC1C. The Morgan fingerprint density at radius 2 is 2.07 bits per heavy atom. The van der Waals surface area contributed by atoms with Crippen molar-refractivity contribution in [3.05, 3.63) is 0 Å². The molecule has 1 aliphatic heterocycles. The third-order valence-corrected chi connectivity index (χ3v) is 3.73. The van der Waals surface area contributed by atoms with Gasteiger partial charge < -0.3 is 4.90 Å². The molecule has 1 aliphatic rings. The van der Waals surface area contributed by atoms with Gasteiger partial charge in [0.15, 0.2) is 0 Å². The van der Waals surface area contributed by atoms with Gasteiger partial charge in [-0.2, -0.15) is 0 Å². The largest absolute Gasteiger partial charge is 0.342 e. The summed E-state index contributed by atoms with van der Waals surface area (Å²) in [4.78, 5) is 13.8. The molecular formula is C12H22ClNO. The average Bonchev–Trinajstić information content (AvgIpc) is 2.22. The number of amides is 1. The van der Waals surface area contributed by atoms with Crippen molar-refractivity contribution in [3.63, 3.8) is 0 Å². The van der Waals surface area contributed by atoms with Crippen molar-refractivity contribution < 1.29 is 4.79 Å². The van der Waals surface area contributed by atoms with Crippen molar-refractivity contribution in [2.75, 3.05) is 19.0 Å². The van der Waals surface area contributed by atoms with Crippen LogP contribution in [0.3, 0.4) is 0 Å². The Kier molecular flexibility index (Phi) is 5.44. The van der Waals surface area contributed by atoms with Gasteiger partial charge in [0.05, 0.1) is 0 Å². The quantitative estimate of drug-likeness (QED) is 0.538. The summed E-state index contributed by atoms with van der Waals surface area (Å²) in [5, 5.41) is 0. The highest BCUT2D eigenvalue weighted by Gasteiger charge is 2.25. The summed E-state index contributed by atoms with van der Waals surface area (Å²) < 4.78 is 0. The second-order valence-electron chi connectivity index (χ2n) is 4.73. The fraction of sp³-hybridized carbons (Fsp3) is 0.917. The summed E-state index contributed by atoms with van der Waals surface area (Å²) in [6.07, 6.45) is 3.71. The molecule has 15 heavy (non-hydrogen) atoms. The molecule has 2 nitrogen and oxygen atoms in total. The van der Waals surface area contributed by atoms with Crippen LogP contribution >= 0.6 is 11.6 Å². The number of hydrogen-bond acceptors (Lipinski definition) is 1. The summed E-state index contributed by atoms with van der Waals surface area (Å²) in [6.45, 7) is 6.41. The van der Waals surface area contributed by atoms with E-state index in [2.05, 4.69) is 13.8 Å². The van der Waals surface area contributed by atoms with Gasteiger partial charge in [-0.25, -0.2) is 0 Å². The molecule has 0 N–H and O–H groups in total. The van der Waals surface area contributed by atoms with Gasteiger partial charge in [-0.1, -0.05) is 13.8 Å². The van der Waals surface area contributed by atoms with E-state index in [9.17, 15) is 4.79 Å². The number of rotatable bonds is 4. The van der Waals surface area contributed by atoms with E-state index in [0.717, 1.165) is 38.3 Å². The highest BCUT2D eigenvalue weighted by molar-refractivity contribution is 6.17. The second kappa shape index (κ2) is 6.37. The fourth-order valence-corrected chi connectivity index (χ4v) is 2.21. The van der Waals surface area contributed by atoms with Crippen LogP contribution in [-0.2, 0) is 4.79 Å². The minimum atomic E-state index is 0.318. The van der Waals surface area contributed by atoms with Gasteiger partial charge in [-0.05, 0) is 31.1 Å². The molecule has 1 saturated heterocycles. The zero-order chi connectivity index (χ0) is 11.3. The average molecular weight is 232 g/mol. The lowest BCUT2D eigenvalue weighted by atomic mass is 9.88. The van der Waals surface area contributed by atoms with Gasteiger partial charge in [-0.3, -0.25) is 4.79 Å². The Bertz CT molecular complexity index is 208. The van der Waals surface area contributed by atoms with Gasteiger partial charge in [0.2, 0.25) is 5.91 Å². The Morgan fingerprint density at radius 1 is 1.33 bits per heavy atom. The molecule has 1 heterocycles. The molecule has 0 aromatic heterocycles. The van der Waals surface area contributed by atoms with E-state index in [1.807, 2.05) is 4.90 Å². The highest BCUT2D eigenvalue weighted by Crippen LogP contribution is 2.23. The van der Waals surface area contributed by atoms with E-state index in [-0.39, 0.29) is 0 Å². The van der Waals surface area contributed by atoms with Gasteiger partial charge >= 0.3 is 0 Å². The van der Waals surface area contributed by atoms with Crippen LogP contribution in [0, 0.1) is 11.8 Å². The molecule has 2 unspecified atom stereocenters. The molecule has 1 fully saturated rings. The second-order valence-corrected chi connectivity index (χ2v) is 5.11. The van der Waals surface area contributed by atoms with Crippen molar-refractivity contribution in [1.82, 2.24) is 4.90 Å². The van der Waals surface area contributed by atoms with E-state index < -0.39 is 0 Å². The maximum Gasteiger partial charge on any atom is 0.222 e. The van der Waals surface area contributed by atoms with Gasteiger partial charge in [0, 0.05) is 25.4 Å². The minimum absolute atomic E-state index is 0.318. The molecule has 0 aromatic rings. The van der Waals surface area contributed by atoms with Crippen LogP contribution in [0.25, 0.3) is 0 Å². The summed E-state index contributed by atoms with van der Waals surface area (Å²) in [6, 6.07) is 0. The number of likely N-dealkylation sites (tertiary alicyclic amines) is 1. The summed E-state index contributed by atoms with van der Waals surface area (Å²) in [5.41, 5.74) is 0. The number of unbranched alkanes of at least 4 members (excludes halogenated alkanes) is 1. The summed E-state index contributed by atoms with van der Waals surface area (Å²) in [5.74, 6) is 2.40. The van der Waals surface area contributed by atoms with E-state index in [0.29, 0.717) is 24.1 Å². The molecule has 0 aromatic carbocycles. The van der Waals surface area contributed by atoms with Crippen molar-refractivity contribution in [2.24, 2.45) is 11.8 Å². The van der Waals surface area contributed by atoms with Crippen LogP contribution in [0.5, 0.6) is 0 Å². The molecule has 0 bridgehead atoms. The van der Waals surface area contributed by atoms with Gasteiger partial charge in [0.1, 0.15) is 0 Å². The first kappa shape index (κ1) is 12.8. The zero-order valence-electron chi connectivity index (χ0n) is 9.84. The standard InChI is InChI=1S/C12H22ClNO/c1-10-6-8-14(9-11(10)2)12(15)5-3-4-7-13/h10-11H,3-9H2,1-2H3. The smallest absolute Gasteiger partial charge is 0.222 e. The summed E-state index contributed by atoms with van der Waals surface area (Å²) in [7, 11) is 0. The van der Waals surface area contributed by atoms with E-state index in [4.69, 9.17) is 11.6 Å². The number of hydrogen-bond donors (Lipinski definition) is 0. The van der Waals surface area contributed by atoms with Crippen molar-refractivity contribution >= 4 is 17.5 Å². The molecular weight excluding hydrogens is 210 g/mol. The predicted octanol–water partition coefficient (Wildman–Crippen LogP) is 2.90. The van der Waals surface area contributed by atoms with Gasteiger partial charge in [0.25, 0.3) is 0 Å². The first-order valence-corrected chi connectivity index (χ1v) is 6.52. The normalized spacial score (nSPS) is 26.7. The van der Waals surface area contributed by atoms with Crippen LogP contribution in [0.15, 0.2) is 0 Å². The molecule has 88 valence electrons. The monoisotopic (exact) mass is 231 g/mol. The topological polar surface area (TPSA) is 20.3 Å². The van der Waals surface area contributed by atoms with Gasteiger partial charge in [-0.15, -0.1) is 11.6 Å². The number of carbonyl (C=O) groups excluding carboxylic acids is 1. The maximum atomic E-state index is 11.8. The van der Waals surface area contributed by atoms with E-state index >= 15 is 0 Å². The van der Waals surface area contributed by atoms with Crippen LogP contribution < -0.4 is 0 Å². The molecule has 2 atom stereocenters. The first-order valence-electron chi connectivity index (χ1n) is 5.99. The lowest BCUT2D eigenvalue weighted by Gasteiger charge is -2.35. The van der Waals surface area contributed by atoms with Crippen molar-refractivity contribution in [3.8, 4) is 0 Å². The van der Waals surface area contributed by atoms with Crippen LogP contribution in [-0.4, -0.2) is 29.8 Å². The Balaban J connectivity index is 2.28. The lowest BCUT2D eigenvalue weighted by Crippen LogP contribution is -2.42. The van der Waals surface area contributed by atoms with Crippen LogP contribution in [0.4, 0.5) is 0 Å². The Hall–Kier alpha value is -0.240. The molecule has 3 heteroatoms. The fourth-order valence-electron chi connectivity index (χ4n) is 2.02. The highest BCUT2D eigenvalue weighted by atomic mass is 35.5. The molecule has 0 saturated carbocycles. The van der Waals surface area contributed by atoms with E-state index in [1.165, 1.54) is 0 Å². The van der Waals surface area contributed by atoms with E-state index in [1.54, 1.807) is 0 Å². The number of alkyl halides is 1. The number of nitrogens with zero attached hydrogens (tertiary/aromatic N) is 1. The molecule has 0 aliphatic carbocycles. The summed E-state index contributed by atoms with van der Waals surface area (Å²) >= 11 is 5.59. The minimum Gasteiger partial charge on any atom is -0.342 e. The zero-order valence-corrected chi connectivity index (χ0v) is 10.6. The number of carbonyl (C=O) groups is 1. The number of halogens is 1. The Morgan fingerprint density at radius 3 is 2.67 bits per heavy atom. The Labute approximate surface area is 98.0 Å². The lowest BCUT2D eigenvalue weighted by molar-refractivity contribution is -0.133. The third kappa shape index (κ3) is 4.02. The molecule has 1 amide bonds. The number of piperidine rings is 1. The first-order chi connectivity index (χ1) is 7.15. The van der Waals surface area contributed by atoms with Crippen LogP contribution in [0.1, 0.15) is 39.5 Å². The third-order valence-electron chi connectivity index (χ3n) is 3.46. The molecule has 0 radical (unpaired) electrons. The predicted molar refractivity (Wildman–Crippen MR) is 64.1 cm³/mol. The van der Waals surface area contributed by atoms with Crippen molar-refractivity contribution in [2.45, 2.75) is 39.5 Å².